The number of hydrogen-bond donors (Lipinski definition) is 1. The van der Waals surface area contributed by atoms with Gasteiger partial charge in [0.2, 0.25) is 0 Å². The Hall–Kier alpha value is -3.46. The molecule has 2 aromatic carbocycles. The normalized spacial score (nSPS) is 10.8. The first-order chi connectivity index (χ1) is 13.7. The summed E-state index contributed by atoms with van der Waals surface area (Å²) in [5, 5.41) is 19.0. The topological polar surface area (TPSA) is 90.5 Å². The summed E-state index contributed by atoms with van der Waals surface area (Å²) in [5.74, 6) is 1.54. The Morgan fingerprint density at radius 3 is 2.64 bits per heavy atom. The van der Waals surface area contributed by atoms with E-state index in [2.05, 4.69) is 25.9 Å². The second-order valence-corrected chi connectivity index (χ2v) is 6.97. The molecule has 0 aliphatic heterocycles. The SMILES string of the molecule is Cn1ccc(NC(=O)c2ccccc2SCc2nnnn2-c2ccccc2)n1. The second kappa shape index (κ2) is 8.05. The summed E-state index contributed by atoms with van der Waals surface area (Å²) in [5.41, 5.74) is 1.47. The molecule has 2 aromatic heterocycles. The van der Waals surface area contributed by atoms with Crippen LogP contribution in [0.5, 0.6) is 0 Å². The quantitative estimate of drug-likeness (QED) is 0.508. The van der Waals surface area contributed by atoms with Crippen molar-refractivity contribution < 1.29 is 4.79 Å². The molecular formula is C19H17N7OS. The van der Waals surface area contributed by atoms with Gasteiger partial charge in [0.05, 0.1) is 17.0 Å². The van der Waals surface area contributed by atoms with Crippen molar-refractivity contribution in [3.8, 4) is 5.69 Å². The second-order valence-electron chi connectivity index (χ2n) is 5.96. The molecular weight excluding hydrogens is 374 g/mol. The number of aryl methyl sites for hydroxylation is 1. The number of thioether (sulfide) groups is 1. The summed E-state index contributed by atoms with van der Waals surface area (Å²) < 4.78 is 3.34. The van der Waals surface area contributed by atoms with Crippen LogP contribution in [0.2, 0.25) is 0 Å². The summed E-state index contributed by atoms with van der Waals surface area (Å²) in [6, 6.07) is 18.9. The summed E-state index contributed by atoms with van der Waals surface area (Å²) in [6.45, 7) is 0. The van der Waals surface area contributed by atoms with Crippen LogP contribution in [0, 0.1) is 0 Å². The maximum Gasteiger partial charge on any atom is 0.257 e. The van der Waals surface area contributed by atoms with Crippen LogP contribution in [0.1, 0.15) is 16.2 Å². The number of amides is 1. The van der Waals surface area contributed by atoms with Crippen molar-refractivity contribution in [1.29, 1.82) is 0 Å². The van der Waals surface area contributed by atoms with Crippen LogP contribution in [-0.2, 0) is 12.8 Å². The Morgan fingerprint density at radius 1 is 1.07 bits per heavy atom. The van der Waals surface area contributed by atoms with Gasteiger partial charge in [0.15, 0.2) is 11.6 Å². The van der Waals surface area contributed by atoms with Crippen molar-refractivity contribution in [1.82, 2.24) is 30.0 Å². The number of benzene rings is 2. The third-order valence-corrected chi connectivity index (χ3v) is 5.05. The summed E-state index contributed by atoms with van der Waals surface area (Å²) in [6.07, 6.45) is 1.78. The fourth-order valence-corrected chi connectivity index (χ4v) is 3.61. The lowest BCUT2D eigenvalue weighted by Crippen LogP contribution is -2.13. The van der Waals surface area contributed by atoms with Gasteiger partial charge in [-0.05, 0) is 34.7 Å². The molecule has 0 saturated heterocycles. The zero-order valence-electron chi connectivity index (χ0n) is 15.1. The van der Waals surface area contributed by atoms with Gasteiger partial charge in [-0.2, -0.15) is 9.78 Å². The van der Waals surface area contributed by atoms with Crippen LogP contribution in [0.3, 0.4) is 0 Å². The van der Waals surface area contributed by atoms with Crippen LogP contribution in [0.25, 0.3) is 5.69 Å². The maximum atomic E-state index is 12.7. The van der Waals surface area contributed by atoms with E-state index in [-0.39, 0.29) is 5.91 Å². The van der Waals surface area contributed by atoms with E-state index in [1.54, 1.807) is 34.7 Å². The molecule has 4 rings (SSSR count). The van der Waals surface area contributed by atoms with Gasteiger partial charge in [0.25, 0.3) is 5.91 Å². The molecule has 2 heterocycles. The maximum absolute atomic E-state index is 12.7. The van der Waals surface area contributed by atoms with Gasteiger partial charge in [0.1, 0.15) is 0 Å². The number of hydrogen-bond acceptors (Lipinski definition) is 6. The highest BCUT2D eigenvalue weighted by atomic mass is 32.2. The van der Waals surface area contributed by atoms with E-state index in [0.29, 0.717) is 23.0 Å². The van der Waals surface area contributed by atoms with Gasteiger partial charge >= 0.3 is 0 Å². The number of anilines is 1. The number of nitrogens with one attached hydrogen (secondary N) is 1. The van der Waals surface area contributed by atoms with Crippen molar-refractivity contribution in [2.75, 3.05) is 5.32 Å². The zero-order valence-corrected chi connectivity index (χ0v) is 15.9. The minimum absolute atomic E-state index is 0.204. The highest BCUT2D eigenvalue weighted by Crippen LogP contribution is 2.26. The zero-order chi connectivity index (χ0) is 19.3. The molecule has 140 valence electrons. The van der Waals surface area contributed by atoms with E-state index in [0.717, 1.165) is 10.6 Å². The van der Waals surface area contributed by atoms with Crippen molar-refractivity contribution in [3.63, 3.8) is 0 Å². The molecule has 0 bridgehead atoms. The fraction of sp³-hybridized carbons (Fsp3) is 0.105. The van der Waals surface area contributed by atoms with Crippen LogP contribution in [-0.4, -0.2) is 35.9 Å². The summed E-state index contributed by atoms with van der Waals surface area (Å²) in [4.78, 5) is 13.5. The molecule has 0 unspecified atom stereocenters. The molecule has 0 fully saturated rings. The van der Waals surface area contributed by atoms with E-state index in [4.69, 9.17) is 0 Å². The third-order valence-electron chi connectivity index (χ3n) is 3.98. The average Bonchev–Trinajstić information content (AvgIpc) is 3.36. The van der Waals surface area contributed by atoms with Crippen molar-refractivity contribution in [2.45, 2.75) is 10.6 Å². The lowest BCUT2D eigenvalue weighted by molar-refractivity contribution is 0.102. The first-order valence-corrected chi connectivity index (χ1v) is 9.55. The van der Waals surface area contributed by atoms with Crippen LogP contribution >= 0.6 is 11.8 Å². The molecule has 9 heteroatoms. The molecule has 1 amide bonds. The van der Waals surface area contributed by atoms with Gasteiger partial charge in [-0.3, -0.25) is 9.48 Å². The van der Waals surface area contributed by atoms with E-state index in [1.165, 1.54) is 11.8 Å². The smallest absolute Gasteiger partial charge is 0.257 e. The van der Waals surface area contributed by atoms with E-state index >= 15 is 0 Å². The molecule has 0 aliphatic rings. The van der Waals surface area contributed by atoms with Crippen molar-refractivity contribution >= 4 is 23.5 Å². The highest BCUT2D eigenvalue weighted by Gasteiger charge is 2.15. The van der Waals surface area contributed by atoms with Crippen LogP contribution in [0.15, 0.2) is 71.8 Å². The molecule has 0 radical (unpaired) electrons. The lowest BCUT2D eigenvalue weighted by Gasteiger charge is -2.09. The minimum atomic E-state index is -0.204. The molecule has 28 heavy (non-hydrogen) atoms. The Bertz CT molecular complexity index is 1090. The minimum Gasteiger partial charge on any atom is -0.305 e. The average molecular weight is 391 g/mol. The fourth-order valence-electron chi connectivity index (χ4n) is 2.65. The van der Waals surface area contributed by atoms with Gasteiger partial charge in [-0.25, -0.2) is 0 Å². The van der Waals surface area contributed by atoms with E-state index in [9.17, 15) is 4.79 Å². The number of rotatable bonds is 6. The first kappa shape index (κ1) is 17.9. The Morgan fingerprint density at radius 2 is 1.86 bits per heavy atom. The van der Waals surface area contributed by atoms with Gasteiger partial charge in [-0.1, -0.05) is 30.3 Å². The molecule has 0 aliphatic carbocycles. The van der Waals surface area contributed by atoms with Crippen LogP contribution in [0.4, 0.5) is 5.82 Å². The number of carbonyl (C=O) groups excluding carboxylic acids is 1. The molecule has 0 atom stereocenters. The van der Waals surface area contributed by atoms with Gasteiger partial charge < -0.3 is 5.32 Å². The van der Waals surface area contributed by atoms with Gasteiger partial charge in [0, 0.05) is 24.2 Å². The standard InChI is InChI=1S/C19H17N7OS/c1-25-12-11-17(22-25)20-19(27)15-9-5-6-10-16(15)28-13-18-21-23-24-26(18)14-7-3-2-4-8-14/h2-12H,13H2,1H3,(H,20,22,27). The summed E-state index contributed by atoms with van der Waals surface area (Å²) in [7, 11) is 1.80. The largest absolute Gasteiger partial charge is 0.305 e. The number of para-hydroxylation sites is 1. The van der Waals surface area contributed by atoms with Crippen molar-refractivity contribution in [3.05, 3.63) is 78.2 Å². The molecule has 0 saturated carbocycles. The monoisotopic (exact) mass is 391 g/mol. The predicted molar refractivity (Wildman–Crippen MR) is 106 cm³/mol. The Labute approximate surface area is 165 Å². The molecule has 4 aromatic rings. The van der Waals surface area contributed by atoms with Crippen LogP contribution < -0.4 is 5.32 Å². The van der Waals surface area contributed by atoms with Gasteiger partial charge in [-0.15, -0.1) is 16.9 Å². The highest BCUT2D eigenvalue weighted by molar-refractivity contribution is 7.98. The van der Waals surface area contributed by atoms with E-state index < -0.39 is 0 Å². The first-order valence-electron chi connectivity index (χ1n) is 8.56. The molecule has 0 spiro atoms. The third kappa shape index (κ3) is 3.94. The Kier molecular flexibility index (Phi) is 5.16. The molecule has 8 nitrogen and oxygen atoms in total. The van der Waals surface area contributed by atoms with Crippen molar-refractivity contribution in [2.24, 2.45) is 7.05 Å². The lowest BCUT2D eigenvalue weighted by atomic mass is 10.2. The predicted octanol–water partition coefficient (Wildman–Crippen LogP) is 2.94. The Balaban J connectivity index is 1.51. The molecule has 1 N–H and O–H groups in total. The number of nitrogens with zero attached hydrogens (tertiary/aromatic N) is 6. The number of tetrazole rings is 1. The van der Waals surface area contributed by atoms with E-state index in [1.807, 2.05) is 48.5 Å². The number of aromatic nitrogens is 6. The number of carbonyl (C=O) groups is 1. The summed E-state index contributed by atoms with van der Waals surface area (Å²) >= 11 is 1.51.